The highest BCUT2D eigenvalue weighted by Crippen LogP contribution is 2.43. The lowest BCUT2D eigenvalue weighted by Gasteiger charge is -2.15. The molecule has 1 aromatic heterocycles. The molecule has 0 unspecified atom stereocenters. The second kappa shape index (κ2) is 10.7. The van der Waals surface area contributed by atoms with E-state index in [9.17, 15) is 4.79 Å². The van der Waals surface area contributed by atoms with Gasteiger partial charge in [-0.1, -0.05) is 0 Å². The molecule has 0 radical (unpaired) electrons. The lowest BCUT2D eigenvalue weighted by atomic mass is 9.96. The van der Waals surface area contributed by atoms with E-state index in [0.29, 0.717) is 67.9 Å². The zero-order valence-corrected chi connectivity index (χ0v) is 22.0. The van der Waals surface area contributed by atoms with E-state index in [1.807, 2.05) is 19.9 Å². The molecule has 8 nitrogen and oxygen atoms in total. The van der Waals surface area contributed by atoms with E-state index in [1.54, 1.807) is 56.7 Å². The van der Waals surface area contributed by atoms with E-state index >= 15 is 0 Å². The van der Waals surface area contributed by atoms with Crippen LogP contribution in [0.4, 0.5) is 0 Å². The second-order valence-electron chi connectivity index (χ2n) is 8.44. The van der Waals surface area contributed by atoms with Gasteiger partial charge < -0.3 is 32.8 Å². The minimum Gasteiger partial charge on any atom is -0.497 e. The van der Waals surface area contributed by atoms with Gasteiger partial charge in [0, 0.05) is 22.6 Å². The molecule has 0 N–H and O–H groups in total. The lowest BCUT2D eigenvalue weighted by molar-refractivity contribution is 0.103. The summed E-state index contributed by atoms with van der Waals surface area (Å²) in [6.07, 6.45) is -0.0792. The van der Waals surface area contributed by atoms with E-state index in [1.165, 1.54) is 21.3 Å². The van der Waals surface area contributed by atoms with Crippen molar-refractivity contribution in [3.05, 3.63) is 59.7 Å². The molecule has 0 spiro atoms. The molecule has 0 amide bonds. The Morgan fingerprint density at radius 3 is 1.97 bits per heavy atom. The normalized spacial score (nSPS) is 10.9. The predicted octanol–water partition coefficient (Wildman–Crippen LogP) is 6.16. The molecule has 0 fully saturated rings. The second-order valence-corrected chi connectivity index (χ2v) is 8.44. The van der Waals surface area contributed by atoms with Gasteiger partial charge in [-0.3, -0.25) is 4.79 Å². The van der Waals surface area contributed by atoms with Crippen molar-refractivity contribution in [2.24, 2.45) is 0 Å². The van der Waals surface area contributed by atoms with E-state index in [-0.39, 0.29) is 11.9 Å². The van der Waals surface area contributed by atoms with Crippen molar-refractivity contribution in [1.82, 2.24) is 0 Å². The number of carbonyl (C=O) groups excluding carboxylic acids is 1. The summed E-state index contributed by atoms with van der Waals surface area (Å²) in [6.45, 7) is 3.86. The summed E-state index contributed by atoms with van der Waals surface area (Å²) >= 11 is 0. The van der Waals surface area contributed by atoms with Crippen molar-refractivity contribution in [3.63, 3.8) is 0 Å². The van der Waals surface area contributed by atoms with Gasteiger partial charge in [0.25, 0.3) is 0 Å². The molecule has 0 aliphatic heterocycles. The molecule has 0 saturated carbocycles. The fourth-order valence-corrected chi connectivity index (χ4v) is 4.15. The molecule has 0 atom stereocenters. The Bertz CT molecular complexity index is 1410. The van der Waals surface area contributed by atoms with E-state index in [4.69, 9.17) is 32.8 Å². The third-order valence-corrected chi connectivity index (χ3v) is 5.84. The van der Waals surface area contributed by atoms with Gasteiger partial charge in [0.2, 0.25) is 5.75 Å². The van der Waals surface area contributed by atoms with Crippen molar-refractivity contribution in [1.29, 1.82) is 0 Å². The lowest BCUT2D eigenvalue weighted by Crippen LogP contribution is -2.07. The third-order valence-electron chi connectivity index (χ3n) is 5.84. The topological polar surface area (TPSA) is 85.6 Å². The van der Waals surface area contributed by atoms with Crippen molar-refractivity contribution < 1.29 is 37.6 Å². The minimum atomic E-state index is -0.277. The number of fused-ring (bicyclic) bond motifs is 1. The fourth-order valence-electron chi connectivity index (χ4n) is 4.15. The Kier molecular flexibility index (Phi) is 7.47. The summed E-state index contributed by atoms with van der Waals surface area (Å²) < 4.78 is 39.4. The monoisotopic (exact) mass is 506 g/mol. The molecular weight excluding hydrogens is 476 g/mol. The number of hydrogen-bond donors (Lipinski definition) is 0. The molecule has 0 aliphatic carbocycles. The van der Waals surface area contributed by atoms with Crippen LogP contribution in [0.3, 0.4) is 0 Å². The van der Waals surface area contributed by atoms with Crippen LogP contribution in [0, 0.1) is 0 Å². The van der Waals surface area contributed by atoms with Crippen molar-refractivity contribution in [2.75, 3.05) is 35.5 Å². The molecule has 0 aliphatic rings. The molecule has 0 bridgehead atoms. The number of rotatable bonds is 10. The first-order chi connectivity index (χ1) is 17.8. The summed E-state index contributed by atoms with van der Waals surface area (Å²) in [6, 6.07) is 14.0. The first-order valence-electron chi connectivity index (χ1n) is 11.6. The molecule has 37 heavy (non-hydrogen) atoms. The molecule has 4 aromatic rings. The van der Waals surface area contributed by atoms with Gasteiger partial charge in [-0.2, -0.15) is 0 Å². The third kappa shape index (κ3) is 4.87. The highest BCUT2D eigenvalue weighted by molar-refractivity contribution is 6.20. The van der Waals surface area contributed by atoms with Crippen LogP contribution in [0.1, 0.15) is 29.8 Å². The van der Waals surface area contributed by atoms with Crippen LogP contribution in [0.25, 0.3) is 22.3 Å². The van der Waals surface area contributed by atoms with Crippen molar-refractivity contribution >= 4 is 16.8 Å². The van der Waals surface area contributed by atoms with E-state index < -0.39 is 0 Å². The molecule has 0 saturated heterocycles. The van der Waals surface area contributed by atoms with Gasteiger partial charge in [-0.05, 0) is 56.3 Å². The number of ether oxygens (including phenoxy) is 6. The molecule has 194 valence electrons. The first-order valence-corrected chi connectivity index (χ1v) is 11.6. The Hall–Kier alpha value is -4.33. The standard InChI is InChI=1S/C29H30O8/c1-16(2)36-23-12-17(8-11-21(23)32-4)28-26(20-10-9-19(31-3)15-22(20)37-28)27(30)18-13-24(33-5)29(35-7)25(14-18)34-6/h8-16H,1-7H3. The Balaban J connectivity index is 1.96. The predicted molar refractivity (Wildman–Crippen MR) is 140 cm³/mol. The maximum absolute atomic E-state index is 14.1. The molecular formula is C29H30O8. The van der Waals surface area contributed by atoms with Gasteiger partial charge in [-0.15, -0.1) is 0 Å². The zero-order valence-electron chi connectivity index (χ0n) is 22.0. The number of hydrogen-bond acceptors (Lipinski definition) is 8. The van der Waals surface area contributed by atoms with Crippen LogP contribution in [0.2, 0.25) is 0 Å². The number of benzene rings is 3. The maximum Gasteiger partial charge on any atom is 0.203 e. The summed E-state index contributed by atoms with van der Waals surface area (Å²) in [5, 5.41) is 0.636. The molecule has 3 aromatic carbocycles. The van der Waals surface area contributed by atoms with E-state index in [0.717, 1.165) is 0 Å². The zero-order chi connectivity index (χ0) is 26.7. The summed E-state index contributed by atoms with van der Waals surface area (Å²) in [4.78, 5) is 14.1. The first kappa shape index (κ1) is 25.8. The van der Waals surface area contributed by atoms with Crippen LogP contribution in [-0.2, 0) is 0 Å². The van der Waals surface area contributed by atoms with Crippen LogP contribution >= 0.6 is 0 Å². The quantitative estimate of drug-likeness (QED) is 0.236. The van der Waals surface area contributed by atoms with Gasteiger partial charge in [0.1, 0.15) is 17.1 Å². The maximum atomic E-state index is 14.1. The Labute approximate surface area is 215 Å². The minimum absolute atomic E-state index is 0.0792. The van der Waals surface area contributed by atoms with Gasteiger partial charge in [0.15, 0.2) is 28.8 Å². The number of methoxy groups -OCH3 is 5. The van der Waals surface area contributed by atoms with Gasteiger partial charge in [0.05, 0.1) is 47.2 Å². The smallest absolute Gasteiger partial charge is 0.203 e. The number of carbonyl (C=O) groups is 1. The van der Waals surface area contributed by atoms with Gasteiger partial charge >= 0.3 is 0 Å². The van der Waals surface area contributed by atoms with Crippen LogP contribution in [0.15, 0.2) is 52.9 Å². The Morgan fingerprint density at radius 1 is 0.730 bits per heavy atom. The van der Waals surface area contributed by atoms with Crippen LogP contribution in [0.5, 0.6) is 34.5 Å². The Morgan fingerprint density at radius 2 is 1.41 bits per heavy atom. The average Bonchev–Trinajstić information content (AvgIpc) is 3.29. The largest absolute Gasteiger partial charge is 0.497 e. The number of furan rings is 1. The highest BCUT2D eigenvalue weighted by atomic mass is 16.5. The van der Waals surface area contributed by atoms with Crippen LogP contribution in [-0.4, -0.2) is 47.4 Å². The summed E-state index contributed by atoms with van der Waals surface area (Å²) in [7, 11) is 7.67. The fraction of sp³-hybridized carbons (Fsp3) is 0.276. The van der Waals surface area contributed by atoms with Crippen molar-refractivity contribution in [2.45, 2.75) is 20.0 Å². The van der Waals surface area contributed by atoms with Crippen molar-refractivity contribution in [3.8, 4) is 45.8 Å². The molecule has 4 rings (SSSR count). The summed E-state index contributed by atoms with van der Waals surface area (Å²) in [5.74, 6) is 2.98. The van der Waals surface area contributed by atoms with Crippen LogP contribution < -0.4 is 28.4 Å². The molecule has 8 heteroatoms. The van der Waals surface area contributed by atoms with Gasteiger partial charge in [-0.25, -0.2) is 0 Å². The van der Waals surface area contributed by atoms with E-state index in [2.05, 4.69) is 0 Å². The molecule has 1 heterocycles. The average molecular weight is 507 g/mol. The SMILES string of the molecule is COc1ccc2c(C(=O)c3cc(OC)c(OC)c(OC)c3)c(-c3ccc(OC)c(OC(C)C)c3)oc2c1. The number of ketones is 1. The summed E-state index contributed by atoms with van der Waals surface area (Å²) in [5.41, 5.74) is 1.89. The highest BCUT2D eigenvalue weighted by Gasteiger charge is 2.27.